The number of allylic oxidation sites excluding steroid dienone is 1. The molecule has 0 aliphatic heterocycles. The lowest BCUT2D eigenvalue weighted by atomic mass is 9.88. The highest BCUT2D eigenvalue weighted by molar-refractivity contribution is 7.46. The Balaban J connectivity index is 1.65. The Bertz CT molecular complexity index is 1380. The molecular weight excluding hydrogens is 514 g/mol. The molecule has 1 amide bonds. The van der Waals surface area contributed by atoms with Crippen LogP contribution in [0.2, 0.25) is 0 Å². The van der Waals surface area contributed by atoms with Crippen LogP contribution >= 0.6 is 7.82 Å². The maximum atomic E-state index is 14.3. The van der Waals surface area contributed by atoms with Crippen molar-refractivity contribution >= 4 is 25.4 Å². The number of nitrogens with one attached hydrogen (secondary N) is 1. The van der Waals surface area contributed by atoms with Gasteiger partial charge in [-0.1, -0.05) is 25.1 Å². The van der Waals surface area contributed by atoms with Crippen LogP contribution in [0.25, 0.3) is 11.6 Å². The third-order valence-corrected chi connectivity index (χ3v) is 6.85. The number of halogens is 1. The summed E-state index contributed by atoms with van der Waals surface area (Å²) in [4.78, 5) is 35.6. The number of aromatic nitrogens is 1. The molecular formula is C27H28FN2O7P. The number of rotatable bonds is 9. The maximum Gasteiger partial charge on any atom is 0.525 e. The normalized spacial score (nSPS) is 17.7. The fourth-order valence-electron chi connectivity index (χ4n) is 4.67. The summed E-state index contributed by atoms with van der Waals surface area (Å²) in [5, 5.41) is 2.89. The SMILES string of the molecule is COc1cc(C=C2c3ccc(F)cc3C(CC(=O)NCc3ccccn3)C2C)cc(OC)c1OP(=O)(O)O. The van der Waals surface area contributed by atoms with E-state index >= 15 is 0 Å². The number of nitrogens with zero attached hydrogens (tertiary/aromatic N) is 1. The molecule has 1 aliphatic rings. The lowest BCUT2D eigenvalue weighted by Gasteiger charge is -2.18. The van der Waals surface area contributed by atoms with Crippen LogP contribution in [-0.2, 0) is 15.9 Å². The van der Waals surface area contributed by atoms with Crippen molar-refractivity contribution in [3.63, 3.8) is 0 Å². The van der Waals surface area contributed by atoms with Gasteiger partial charge in [0.25, 0.3) is 0 Å². The van der Waals surface area contributed by atoms with Gasteiger partial charge in [0.2, 0.25) is 11.7 Å². The zero-order valence-electron chi connectivity index (χ0n) is 21.1. The zero-order valence-corrected chi connectivity index (χ0v) is 21.9. The van der Waals surface area contributed by atoms with Gasteiger partial charge < -0.3 is 19.3 Å². The Morgan fingerprint density at radius 2 is 1.84 bits per heavy atom. The molecule has 38 heavy (non-hydrogen) atoms. The average Bonchev–Trinajstić information content (AvgIpc) is 3.12. The highest BCUT2D eigenvalue weighted by atomic mass is 31.2. The summed E-state index contributed by atoms with van der Waals surface area (Å²) in [6.45, 7) is 2.27. The summed E-state index contributed by atoms with van der Waals surface area (Å²) in [5.41, 5.74) is 3.76. The van der Waals surface area contributed by atoms with Crippen LogP contribution in [0, 0.1) is 11.7 Å². The molecule has 200 valence electrons. The van der Waals surface area contributed by atoms with E-state index in [2.05, 4.69) is 10.3 Å². The zero-order chi connectivity index (χ0) is 27.4. The molecule has 2 unspecified atom stereocenters. The van der Waals surface area contributed by atoms with E-state index in [0.717, 1.165) is 22.4 Å². The van der Waals surface area contributed by atoms with Crippen LogP contribution in [0.1, 0.15) is 41.6 Å². The molecule has 4 rings (SSSR count). The number of methoxy groups -OCH3 is 2. The van der Waals surface area contributed by atoms with Crippen molar-refractivity contribution in [2.45, 2.75) is 25.8 Å². The molecule has 1 aliphatic carbocycles. The topological polar surface area (TPSA) is 127 Å². The lowest BCUT2D eigenvalue weighted by molar-refractivity contribution is -0.121. The first kappa shape index (κ1) is 27.3. The van der Waals surface area contributed by atoms with E-state index in [4.69, 9.17) is 14.0 Å². The summed E-state index contributed by atoms with van der Waals surface area (Å²) < 4.78 is 41.1. The van der Waals surface area contributed by atoms with Gasteiger partial charge in [-0.25, -0.2) is 8.96 Å². The first-order valence-electron chi connectivity index (χ1n) is 11.8. The molecule has 0 spiro atoms. The summed E-state index contributed by atoms with van der Waals surface area (Å²) in [6, 6.07) is 13.1. The third-order valence-electron chi connectivity index (χ3n) is 6.43. The molecule has 1 aromatic heterocycles. The number of carbonyl (C=O) groups excluding carboxylic acids is 1. The van der Waals surface area contributed by atoms with Crippen molar-refractivity contribution in [1.29, 1.82) is 0 Å². The Kier molecular flexibility index (Phi) is 8.16. The number of benzene rings is 2. The second-order valence-electron chi connectivity index (χ2n) is 8.86. The average molecular weight is 543 g/mol. The molecule has 3 N–H and O–H groups in total. The van der Waals surface area contributed by atoms with Crippen LogP contribution in [0.4, 0.5) is 4.39 Å². The second-order valence-corrected chi connectivity index (χ2v) is 10.0. The van der Waals surface area contributed by atoms with E-state index < -0.39 is 13.6 Å². The van der Waals surface area contributed by atoms with Gasteiger partial charge in [0.1, 0.15) is 5.82 Å². The van der Waals surface area contributed by atoms with Gasteiger partial charge in [0.05, 0.1) is 26.5 Å². The quantitative estimate of drug-likeness (QED) is 0.333. The minimum absolute atomic E-state index is 0.0648. The van der Waals surface area contributed by atoms with Crippen molar-refractivity contribution < 1.29 is 37.5 Å². The molecule has 9 nitrogen and oxygen atoms in total. The molecule has 0 fully saturated rings. The van der Waals surface area contributed by atoms with E-state index in [-0.39, 0.29) is 41.4 Å². The molecule has 2 aromatic carbocycles. The van der Waals surface area contributed by atoms with Crippen molar-refractivity contribution in [2.24, 2.45) is 5.92 Å². The molecule has 3 aromatic rings. The fourth-order valence-corrected chi connectivity index (χ4v) is 5.08. The molecule has 0 bridgehead atoms. The summed E-state index contributed by atoms with van der Waals surface area (Å²) in [6.07, 6.45) is 3.68. The van der Waals surface area contributed by atoms with Gasteiger partial charge in [0, 0.05) is 12.6 Å². The highest BCUT2D eigenvalue weighted by Gasteiger charge is 2.35. The number of hydrogen-bond donors (Lipinski definition) is 3. The predicted molar refractivity (Wildman–Crippen MR) is 139 cm³/mol. The van der Waals surface area contributed by atoms with Gasteiger partial charge in [-0.3, -0.25) is 19.6 Å². The number of fused-ring (bicyclic) bond motifs is 1. The highest BCUT2D eigenvalue weighted by Crippen LogP contribution is 2.51. The molecule has 2 atom stereocenters. The number of amides is 1. The minimum Gasteiger partial charge on any atom is -0.493 e. The van der Waals surface area contributed by atoms with Gasteiger partial charge in [-0.2, -0.15) is 0 Å². The Hall–Kier alpha value is -3.72. The largest absolute Gasteiger partial charge is 0.525 e. The molecule has 0 saturated carbocycles. The Morgan fingerprint density at radius 1 is 1.13 bits per heavy atom. The van der Waals surface area contributed by atoms with E-state index in [1.165, 1.54) is 26.4 Å². The van der Waals surface area contributed by atoms with Crippen molar-refractivity contribution in [1.82, 2.24) is 10.3 Å². The van der Waals surface area contributed by atoms with Crippen LogP contribution in [-0.4, -0.2) is 34.9 Å². The summed E-state index contributed by atoms with van der Waals surface area (Å²) in [5.74, 6) is -1.07. The fraction of sp³-hybridized carbons (Fsp3) is 0.259. The van der Waals surface area contributed by atoms with Crippen molar-refractivity contribution in [2.75, 3.05) is 14.2 Å². The number of ether oxygens (including phenoxy) is 2. The summed E-state index contributed by atoms with van der Waals surface area (Å²) >= 11 is 0. The van der Waals surface area contributed by atoms with E-state index in [1.54, 1.807) is 30.5 Å². The monoisotopic (exact) mass is 542 g/mol. The molecule has 0 radical (unpaired) electrons. The number of pyridine rings is 1. The second kappa shape index (κ2) is 11.3. The van der Waals surface area contributed by atoms with Gasteiger partial charge in [-0.15, -0.1) is 0 Å². The van der Waals surface area contributed by atoms with Crippen LogP contribution in [0.5, 0.6) is 17.2 Å². The van der Waals surface area contributed by atoms with Crippen molar-refractivity contribution in [3.8, 4) is 17.2 Å². The van der Waals surface area contributed by atoms with Crippen LogP contribution < -0.4 is 19.3 Å². The maximum absolute atomic E-state index is 14.3. The number of phosphoric acid groups is 1. The number of hydrogen-bond acceptors (Lipinski definition) is 6. The standard InChI is InChI=1S/C27H28FN2O7P/c1-16-21(10-17-11-24(35-2)27(25(12-17)36-3)37-38(32,33)34)20-8-7-18(28)13-23(20)22(16)14-26(31)30-15-19-6-4-5-9-29-19/h4-13,16,22H,14-15H2,1-3H3,(H,30,31)(H2,32,33,34). The van der Waals surface area contributed by atoms with E-state index in [9.17, 15) is 23.5 Å². The molecule has 11 heteroatoms. The van der Waals surface area contributed by atoms with Gasteiger partial charge in [0.15, 0.2) is 11.5 Å². The molecule has 1 heterocycles. The van der Waals surface area contributed by atoms with Gasteiger partial charge in [-0.05, 0) is 70.5 Å². The van der Waals surface area contributed by atoms with Crippen molar-refractivity contribution in [3.05, 3.63) is 82.9 Å². The first-order chi connectivity index (χ1) is 18.1. The number of phosphoric ester groups is 1. The van der Waals surface area contributed by atoms with E-state index in [1.807, 2.05) is 25.1 Å². The van der Waals surface area contributed by atoms with Gasteiger partial charge >= 0.3 is 7.82 Å². The Labute approximate surface area is 219 Å². The lowest BCUT2D eigenvalue weighted by Crippen LogP contribution is -2.25. The third kappa shape index (κ3) is 6.22. The first-order valence-corrected chi connectivity index (χ1v) is 13.3. The van der Waals surface area contributed by atoms with Crippen LogP contribution in [0.3, 0.4) is 0 Å². The van der Waals surface area contributed by atoms with Crippen LogP contribution in [0.15, 0.2) is 54.7 Å². The smallest absolute Gasteiger partial charge is 0.493 e. The minimum atomic E-state index is -4.87. The predicted octanol–water partition coefficient (Wildman–Crippen LogP) is 4.69. The molecule has 0 saturated heterocycles. The summed E-state index contributed by atoms with van der Waals surface area (Å²) in [7, 11) is -2.19. The number of carbonyl (C=O) groups is 1. The van der Waals surface area contributed by atoms with E-state index in [0.29, 0.717) is 12.1 Å². The Morgan fingerprint density at radius 3 is 2.45 bits per heavy atom.